The summed E-state index contributed by atoms with van der Waals surface area (Å²) in [4.78, 5) is 29.3. The monoisotopic (exact) mass is 418 g/mol. The van der Waals surface area contributed by atoms with Gasteiger partial charge in [-0.2, -0.15) is 9.78 Å². The Morgan fingerprint density at radius 1 is 0.935 bits per heavy atom. The molecule has 0 bridgehead atoms. The van der Waals surface area contributed by atoms with Crippen LogP contribution in [0.4, 0.5) is 0 Å². The quantitative estimate of drug-likeness (QED) is 0.616. The number of hydrogen-bond donors (Lipinski definition) is 0. The molecular weight excluding hydrogens is 392 g/mol. The van der Waals surface area contributed by atoms with Gasteiger partial charge in [-0.3, -0.25) is 14.5 Å². The van der Waals surface area contributed by atoms with E-state index < -0.39 is 0 Å². The number of aromatic nitrogens is 2. The second kappa shape index (κ2) is 9.57. The minimum absolute atomic E-state index is 0.148. The maximum absolute atomic E-state index is 13.0. The van der Waals surface area contributed by atoms with Crippen LogP contribution in [0.15, 0.2) is 71.5 Å². The molecule has 1 fully saturated rings. The molecule has 7 nitrogen and oxygen atoms in total. The topological polar surface area (TPSA) is 67.7 Å². The van der Waals surface area contributed by atoms with E-state index in [0.717, 1.165) is 25.4 Å². The number of nitrogens with zero attached hydrogens (tertiary/aromatic N) is 4. The van der Waals surface area contributed by atoms with Gasteiger partial charge in [0.15, 0.2) is 0 Å². The lowest BCUT2D eigenvalue weighted by Gasteiger charge is -2.34. The van der Waals surface area contributed by atoms with Gasteiger partial charge in [-0.05, 0) is 42.8 Å². The highest BCUT2D eigenvalue weighted by molar-refractivity contribution is 5.92. The first-order chi connectivity index (χ1) is 15.1. The van der Waals surface area contributed by atoms with E-state index in [0.29, 0.717) is 25.4 Å². The molecule has 0 atom stereocenters. The van der Waals surface area contributed by atoms with Crippen LogP contribution in [0.1, 0.15) is 23.0 Å². The van der Waals surface area contributed by atoms with E-state index >= 15 is 0 Å². The highest BCUT2D eigenvalue weighted by Gasteiger charge is 2.23. The Balaban J connectivity index is 1.38. The fourth-order valence-corrected chi connectivity index (χ4v) is 3.67. The number of benzene rings is 2. The first-order valence-corrected chi connectivity index (χ1v) is 10.5. The van der Waals surface area contributed by atoms with Crippen molar-refractivity contribution in [1.29, 1.82) is 0 Å². The normalized spacial score (nSPS) is 14.4. The molecule has 4 rings (SSSR count). The predicted octanol–water partition coefficient (Wildman–Crippen LogP) is 2.59. The lowest BCUT2D eigenvalue weighted by molar-refractivity contribution is 0.0620. The molecule has 1 aliphatic rings. The molecule has 2 aromatic carbocycles. The molecule has 3 aromatic rings. The molecule has 0 N–H and O–H groups in total. The number of hydrogen-bond acceptors (Lipinski definition) is 5. The molecule has 0 unspecified atom stereocenters. The summed E-state index contributed by atoms with van der Waals surface area (Å²) in [5, 5.41) is 4.32. The molecular formula is C24H26N4O3. The number of rotatable bonds is 6. The van der Waals surface area contributed by atoms with E-state index in [9.17, 15) is 9.59 Å². The van der Waals surface area contributed by atoms with E-state index in [1.165, 1.54) is 22.4 Å². The third kappa shape index (κ3) is 5.00. The number of carbonyl (C=O) groups excluding carboxylic acids is 1. The smallest absolute Gasteiger partial charge is 0.274 e. The average molecular weight is 418 g/mol. The second-order valence-corrected chi connectivity index (χ2v) is 7.45. The molecule has 0 aliphatic carbocycles. The summed E-state index contributed by atoms with van der Waals surface area (Å²) in [6.45, 7) is 6.30. The van der Waals surface area contributed by atoms with E-state index in [4.69, 9.17) is 4.74 Å². The minimum atomic E-state index is -0.261. The van der Waals surface area contributed by atoms with Gasteiger partial charge in [-0.25, -0.2) is 0 Å². The molecule has 0 spiro atoms. The number of para-hydroxylation sites is 1. The van der Waals surface area contributed by atoms with Crippen molar-refractivity contribution in [2.45, 2.75) is 13.5 Å². The second-order valence-electron chi connectivity index (χ2n) is 7.45. The van der Waals surface area contributed by atoms with Crippen LogP contribution in [0.25, 0.3) is 5.69 Å². The standard InChI is InChI=1S/C24H26N4O3/c1-2-31-21-10-8-19(9-11-21)18-26-14-16-27(17-15-26)24(30)22-12-13-23(29)28(25-22)20-6-4-3-5-7-20/h3-13H,2,14-18H2,1H3. The first kappa shape index (κ1) is 20.8. The molecule has 1 aliphatic heterocycles. The third-order valence-electron chi connectivity index (χ3n) is 5.32. The van der Waals surface area contributed by atoms with Gasteiger partial charge < -0.3 is 9.64 Å². The molecule has 7 heteroatoms. The molecule has 1 saturated heterocycles. The van der Waals surface area contributed by atoms with Crippen molar-refractivity contribution >= 4 is 5.91 Å². The zero-order chi connectivity index (χ0) is 21.6. The van der Waals surface area contributed by atoms with Crippen LogP contribution in [-0.2, 0) is 6.54 Å². The zero-order valence-electron chi connectivity index (χ0n) is 17.6. The van der Waals surface area contributed by atoms with Crippen LogP contribution in [0, 0.1) is 0 Å². The summed E-state index contributed by atoms with van der Waals surface area (Å²) in [5.74, 6) is 0.733. The summed E-state index contributed by atoms with van der Waals surface area (Å²) in [7, 11) is 0. The maximum Gasteiger partial charge on any atom is 0.274 e. The fraction of sp³-hybridized carbons (Fsp3) is 0.292. The van der Waals surface area contributed by atoms with Crippen molar-refractivity contribution in [1.82, 2.24) is 19.6 Å². The number of ether oxygens (including phenoxy) is 1. The summed E-state index contributed by atoms with van der Waals surface area (Å²) in [6, 6.07) is 20.2. The average Bonchev–Trinajstić information content (AvgIpc) is 2.81. The summed E-state index contributed by atoms with van der Waals surface area (Å²) >= 11 is 0. The van der Waals surface area contributed by atoms with Crippen LogP contribution in [0.5, 0.6) is 5.75 Å². The number of piperazine rings is 1. The van der Waals surface area contributed by atoms with Crippen molar-refractivity contribution < 1.29 is 9.53 Å². The minimum Gasteiger partial charge on any atom is -0.494 e. The molecule has 0 radical (unpaired) electrons. The molecule has 0 saturated carbocycles. The molecule has 160 valence electrons. The number of amides is 1. The van der Waals surface area contributed by atoms with Crippen LogP contribution in [0.3, 0.4) is 0 Å². The summed E-state index contributed by atoms with van der Waals surface area (Å²) in [6.07, 6.45) is 0. The van der Waals surface area contributed by atoms with Gasteiger partial charge in [0.2, 0.25) is 0 Å². The van der Waals surface area contributed by atoms with Crippen molar-refractivity contribution in [3.8, 4) is 11.4 Å². The fourth-order valence-electron chi connectivity index (χ4n) is 3.67. The van der Waals surface area contributed by atoms with Crippen LogP contribution < -0.4 is 10.3 Å². The van der Waals surface area contributed by atoms with E-state index in [1.807, 2.05) is 37.3 Å². The Morgan fingerprint density at radius 2 is 1.65 bits per heavy atom. The molecule has 31 heavy (non-hydrogen) atoms. The Morgan fingerprint density at radius 3 is 2.32 bits per heavy atom. The summed E-state index contributed by atoms with van der Waals surface area (Å²) < 4.78 is 6.77. The lowest BCUT2D eigenvalue weighted by Crippen LogP contribution is -2.48. The van der Waals surface area contributed by atoms with Gasteiger partial charge in [-0.15, -0.1) is 0 Å². The largest absolute Gasteiger partial charge is 0.494 e. The molecule has 2 heterocycles. The van der Waals surface area contributed by atoms with E-state index in [1.54, 1.807) is 17.0 Å². The van der Waals surface area contributed by atoms with E-state index in [2.05, 4.69) is 22.1 Å². The summed E-state index contributed by atoms with van der Waals surface area (Å²) in [5.41, 5.74) is 1.88. The van der Waals surface area contributed by atoms with Gasteiger partial charge >= 0.3 is 0 Å². The Labute approximate surface area is 181 Å². The predicted molar refractivity (Wildman–Crippen MR) is 119 cm³/mol. The highest BCUT2D eigenvalue weighted by Crippen LogP contribution is 2.15. The van der Waals surface area contributed by atoms with Crippen LogP contribution in [0.2, 0.25) is 0 Å². The highest BCUT2D eigenvalue weighted by atomic mass is 16.5. The van der Waals surface area contributed by atoms with Gasteiger partial charge in [0.25, 0.3) is 11.5 Å². The van der Waals surface area contributed by atoms with Crippen molar-refractivity contribution in [3.63, 3.8) is 0 Å². The van der Waals surface area contributed by atoms with Crippen molar-refractivity contribution in [2.75, 3.05) is 32.8 Å². The Bertz CT molecular complexity index is 1070. The SMILES string of the molecule is CCOc1ccc(CN2CCN(C(=O)c3ccc(=O)n(-c4ccccc4)n3)CC2)cc1. The Hall–Kier alpha value is -3.45. The first-order valence-electron chi connectivity index (χ1n) is 10.5. The zero-order valence-corrected chi connectivity index (χ0v) is 17.6. The third-order valence-corrected chi connectivity index (χ3v) is 5.32. The van der Waals surface area contributed by atoms with E-state index in [-0.39, 0.29) is 17.2 Å². The van der Waals surface area contributed by atoms with Crippen LogP contribution in [-0.4, -0.2) is 58.3 Å². The van der Waals surface area contributed by atoms with Gasteiger partial charge in [-0.1, -0.05) is 30.3 Å². The van der Waals surface area contributed by atoms with Crippen molar-refractivity contribution in [2.24, 2.45) is 0 Å². The maximum atomic E-state index is 13.0. The van der Waals surface area contributed by atoms with Crippen LogP contribution >= 0.6 is 0 Å². The van der Waals surface area contributed by atoms with Gasteiger partial charge in [0.05, 0.1) is 12.3 Å². The van der Waals surface area contributed by atoms with Crippen molar-refractivity contribution in [3.05, 3.63) is 88.3 Å². The lowest BCUT2D eigenvalue weighted by atomic mass is 10.2. The van der Waals surface area contributed by atoms with Gasteiger partial charge in [0, 0.05) is 38.8 Å². The number of carbonyl (C=O) groups is 1. The molecule has 1 amide bonds. The van der Waals surface area contributed by atoms with Gasteiger partial charge in [0.1, 0.15) is 11.4 Å². The Kier molecular flexibility index (Phi) is 6.43. The molecule has 1 aromatic heterocycles.